The van der Waals surface area contributed by atoms with Crippen molar-refractivity contribution >= 4 is 17.1 Å². The second kappa shape index (κ2) is 4.64. The molecule has 0 saturated heterocycles. The Labute approximate surface area is 94.9 Å². The molecule has 2 N–H and O–H groups in total. The molecule has 16 heavy (non-hydrogen) atoms. The molecule has 0 heterocycles. The minimum Gasteiger partial charge on any atom is -0.872 e. The van der Waals surface area contributed by atoms with Crippen LogP contribution in [0.1, 0.15) is 5.56 Å². The van der Waals surface area contributed by atoms with Gasteiger partial charge in [-0.15, -0.1) is 12.3 Å². The highest BCUT2D eigenvalue weighted by Gasteiger charge is 2.04. The summed E-state index contributed by atoms with van der Waals surface area (Å²) in [6.45, 7) is 3.45. The average molecular weight is 211 g/mol. The molecule has 0 unspecified atom stereocenters. The molecule has 0 fully saturated rings. The van der Waals surface area contributed by atoms with Crippen LogP contribution in [-0.2, 0) is 0 Å². The summed E-state index contributed by atoms with van der Waals surface area (Å²) in [6, 6.07) is 17.4. The van der Waals surface area contributed by atoms with E-state index >= 15 is 0 Å². The van der Waals surface area contributed by atoms with Crippen molar-refractivity contribution in [2.24, 2.45) is 0 Å². The first-order valence-corrected chi connectivity index (χ1v) is 5.12. The summed E-state index contributed by atoms with van der Waals surface area (Å²) >= 11 is 0. The van der Waals surface area contributed by atoms with Gasteiger partial charge in [-0.05, 0) is 24.3 Å². The van der Waals surface area contributed by atoms with E-state index in [1.165, 1.54) is 0 Å². The third-order valence-electron chi connectivity index (χ3n) is 2.38. The van der Waals surface area contributed by atoms with E-state index < -0.39 is 0 Å². The molecule has 0 bridgehead atoms. The van der Waals surface area contributed by atoms with Crippen molar-refractivity contribution in [2.75, 3.05) is 0 Å². The van der Waals surface area contributed by atoms with Crippen LogP contribution in [0.4, 0.5) is 11.4 Å². The summed E-state index contributed by atoms with van der Waals surface area (Å²) < 4.78 is 0. The molecule has 0 aromatic heterocycles. The van der Waals surface area contributed by atoms with Crippen LogP contribution in [0.25, 0.3) is 5.76 Å². The van der Waals surface area contributed by atoms with E-state index in [-0.39, 0.29) is 5.76 Å². The Balaban J connectivity index is 2.31. The maximum Gasteiger partial charge on any atom is 0.141 e. The van der Waals surface area contributed by atoms with Crippen molar-refractivity contribution in [3.63, 3.8) is 0 Å². The molecule has 2 aromatic carbocycles. The van der Waals surface area contributed by atoms with Crippen LogP contribution in [0.15, 0.2) is 61.2 Å². The lowest BCUT2D eigenvalue weighted by molar-refractivity contribution is -0.479. The summed E-state index contributed by atoms with van der Waals surface area (Å²) in [6.07, 6.45) is 0. The summed E-state index contributed by atoms with van der Waals surface area (Å²) in [4.78, 5) is 0. The Kier molecular flexibility index (Phi) is 3.03. The van der Waals surface area contributed by atoms with Crippen LogP contribution in [0, 0.1) is 0 Å². The number of hydrogen-bond donors (Lipinski definition) is 1. The Morgan fingerprint density at radius 3 is 2.25 bits per heavy atom. The third-order valence-corrected chi connectivity index (χ3v) is 2.38. The lowest BCUT2D eigenvalue weighted by atomic mass is 10.1. The molecule has 0 aliphatic carbocycles. The SMILES string of the molecule is C=C([O-])c1ccccc1[NH2+]c1ccccc1. The molecule has 0 aliphatic heterocycles. The first-order valence-electron chi connectivity index (χ1n) is 5.12. The molecule has 2 nitrogen and oxygen atoms in total. The maximum atomic E-state index is 11.3. The van der Waals surface area contributed by atoms with Crippen molar-refractivity contribution in [2.45, 2.75) is 0 Å². The van der Waals surface area contributed by atoms with Gasteiger partial charge in [0, 0.05) is 5.56 Å². The molecule has 0 spiro atoms. The van der Waals surface area contributed by atoms with Gasteiger partial charge in [0.25, 0.3) is 0 Å². The number of hydrogen-bond acceptors (Lipinski definition) is 1. The molecule has 0 amide bonds. The quantitative estimate of drug-likeness (QED) is 0.607. The summed E-state index contributed by atoms with van der Waals surface area (Å²) in [5.41, 5.74) is 2.65. The first kappa shape index (κ1) is 10.5. The van der Waals surface area contributed by atoms with Crippen molar-refractivity contribution in [1.82, 2.24) is 0 Å². The standard InChI is InChI=1S/C14H13NO/c1-11(16)13-9-5-6-10-14(13)15-12-7-3-2-4-8-12/h2-10,15-16H,1H2. The number of benzene rings is 2. The minimum absolute atomic E-state index is 0.150. The first-order chi connectivity index (χ1) is 7.77. The minimum atomic E-state index is -0.150. The Morgan fingerprint density at radius 2 is 1.56 bits per heavy atom. The van der Waals surface area contributed by atoms with Gasteiger partial charge in [-0.2, -0.15) is 0 Å². The van der Waals surface area contributed by atoms with Crippen LogP contribution in [0.3, 0.4) is 0 Å². The highest BCUT2D eigenvalue weighted by Crippen LogP contribution is 2.15. The zero-order valence-electron chi connectivity index (χ0n) is 8.89. The maximum absolute atomic E-state index is 11.3. The molecule has 2 aromatic rings. The summed E-state index contributed by atoms with van der Waals surface area (Å²) in [7, 11) is 0. The molecular weight excluding hydrogens is 198 g/mol. The van der Waals surface area contributed by atoms with Gasteiger partial charge in [-0.1, -0.05) is 30.3 Å². The molecule has 0 saturated carbocycles. The zero-order valence-corrected chi connectivity index (χ0v) is 8.89. The lowest BCUT2D eigenvalue weighted by Crippen LogP contribution is -2.71. The van der Waals surface area contributed by atoms with Gasteiger partial charge in [-0.25, -0.2) is 0 Å². The fourth-order valence-electron chi connectivity index (χ4n) is 1.61. The number of rotatable bonds is 3. The molecule has 2 rings (SSSR count). The van der Waals surface area contributed by atoms with E-state index in [0.29, 0.717) is 5.56 Å². The largest absolute Gasteiger partial charge is 0.872 e. The highest BCUT2D eigenvalue weighted by molar-refractivity contribution is 5.64. The molecule has 0 aliphatic rings. The molecule has 0 atom stereocenters. The van der Waals surface area contributed by atoms with Gasteiger partial charge >= 0.3 is 0 Å². The number of para-hydroxylation sites is 2. The normalized spacial score (nSPS) is 10.0. The molecule has 80 valence electrons. The summed E-state index contributed by atoms with van der Waals surface area (Å²) in [5, 5.41) is 13.3. The second-order valence-electron chi connectivity index (χ2n) is 3.57. The second-order valence-corrected chi connectivity index (χ2v) is 3.57. The van der Waals surface area contributed by atoms with Gasteiger partial charge in [-0.3, -0.25) is 5.32 Å². The van der Waals surface area contributed by atoms with Crippen molar-refractivity contribution < 1.29 is 10.4 Å². The van der Waals surface area contributed by atoms with E-state index in [2.05, 4.69) is 6.58 Å². The van der Waals surface area contributed by atoms with E-state index in [4.69, 9.17) is 0 Å². The highest BCUT2D eigenvalue weighted by atomic mass is 16.3. The molecular formula is C14H13NO. The van der Waals surface area contributed by atoms with E-state index in [9.17, 15) is 5.11 Å². The lowest BCUT2D eigenvalue weighted by Gasteiger charge is -2.12. The Morgan fingerprint density at radius 1 is 0.938 bits per heavy atom. The molecule has 0 radical (unpaired) electrons. The van der Waals surface area contributed by atoms with Crippen molar-refractivity contribution in [3.8, 4) is 0 Å². The fourth-order valence-corrected chi connectivity index (χ4v) is 1.61. The van der Waals surface area contributed by atoms with E-state index in [1.807, 2.05) is 53.8 Å². The summed E-state index contributed by atoms with van der Waals surface area (Å²) in [5.74, 6) is -0.150. The number of nitrogens with two attached hydrogens (primary N) is 1. The fraction of sp³-hybridized carbons (Fsp3) is 0. The average Bonchev–Trinajstić information content (AvgIpc) is 2.31. The monoisotopic (exact) mass is 211 g/mol. The van der Waals surface area contributed by atoms with Gasteiger partial charge in [0.2, 0.25) is 0 Å². The van der Waals surface area contributed by atoms with Crippen LogP contribution < -0.4 is 10.4 Å². The van der Waals surface area contributed by atoms with Gasteiger partial charge < -0.3 is 5.11 Å². The predicted molar refractivity (Wildman–Crippen MR) is 63.2 cm³/mol. The molecule has 2 heteroatoms. The van der Waals surface area contributed by atoms with Crippen LogP contribution in [-0.4, -0.2) is 0 Å². The van der Waals surface area contributed by atoms with Crippen molar-refractivity contribution in [3.05, 3.63) is 66.7 Å². The topological polar surface area (TPSA) is 39.7 Å². The number of quaternary nitrogens is 1. The van der Waals surface area contributed by atoms with Crippen LogP contribution in [0.5, 0.6) is 0 Å². The Hall–Kier alpha value is -2.06. The smallest absolute Gasteiger partial charge is 0.141 e. The van der Waals surface area contributed by atoms with Crippen LogP contribution in [0.2, 0.25) is 0 Å². The Bertz CT molecular complexity index is 491. The van der Waals surface area contributed by atoms with Gasteiger partial charge in [0.05, 0.1) is 0 Å². The van der Waals surface area contributed by atoms with Gasteiger partial charge in [0.15, 0.2) is 0 Å². The van der Waals surface area contributed by atoms with Gasteiger partial charge in [0.1, 0.15) is 11.4 Å². The third kappa shape index (κ3) is 2.30. The van der Waals surface area contributed by atoms with E-state index in [1.54, 1.807) is 6.07 Å². The van der Waals surface area contributed by atoms with Crippen molar-refractivity contribution in [1.29, 1.82) is 0 Å². The predicted octanol–water partition coefficient (Wildman–Crippen LogP) is 1.54. The zero-order chi connectivity index (χ0) is 11.4. The van der Waals surface area contributed by atoms with Crippen LogP contribution >= 0.6 is 0 Å². The van der Waals surface area contributed by atoms with E-state index in [0.717, 1.165) is 11.4 Å².